The number of carbonyl (C=O) groups excluding carboxylic acids is 1. The molecule has 0 aromatic carbocycles. The predicted molar refractivity (Wildman–Crippen MR) is 97.7 cm³/mol. The highest BCUT2D eigenvalue weighted by molar-refractivity contribution is 5.95. The molecule has 3 aromatic heterocycles. The van der Waals surface area contributed by atoms with E-state index in [1.807, 2.05) is 22.7 Å². The van der Waals surface area contributed by atoms with Crippen LogP contribution >= 0.6 is 0 Å². The van der Waals surface area contributed by atoms with Crippen molar-refractivity contribution in [3.05, 3.63) is 42.3 Å². The molecular weight excluding hydrogens is 318 g/mol. The molecule has 0 aliphatic heterocycles. The fourth-order valence-electron chi connectivity index (χ4n) is 2.53. The topological polar surface area (TPSA) is 97.6 Å². The number of amides is 1. The number of nitrogens with two attached hydrogens (primary N) is 1. The van der Waals surface area contributed by atoms with Gasteiger partial charge in [0.05, 0.1) is 6.26 Å². The van der Waals surface area contributed by atoms with Crippen molar-refractivity contribution in [1.82, 2.24) is 14.7 Å². The minimum atomic E-state index is -0.166. The van der Waals surface area contributed by atoms with Crippen molar-refractivity contribution in [2.75, 3.05) is 18.4 Å². The van der Waals surface area contributed by atoms with Crippen molar-refractivity contribution in [3.63, 3.8) is 0 Å². The van der Waals surface area contributed by atoms with Gasteiger partial charge in [-0.1, -0.05) is 0 Å². The van der Waals surface area contributed by atoms with E-state index in [9.17, 15) is 4.79 Å². The summed E-state index contributed by atoms with van der Waals surface area (Å²) in [5.41, 5.74) is 7.19. The summed E-state index contributed by atoms with van der Waals surface area (Å²) in [5, 5.41) is 6.23. The highest BCUT2D eigenvalue weighted by Crippen LogP contribution is 2.31. The van der Waals surface area contributed by atoms with Crippen LogP contribution < -0.4 is 16.4 Å². The number of anilines is 1. The zero-order valence-corrected chi connectivity index (χ0v) is 14.7. The minimum Gasteiger partial charge on any atom is -0.463 e. The van der Waals surface area contributed by atoms with Gasteiger partial charge in [-0.3, -0.25) is 9.20 Å². The van der Waals surface area contributed by atoms with Gasteiger partial charge in [-0.25, -0.2) is 4.98 Å². The molecule has 1 amide bonds. The van der Waals surface area contributed by atoms with Gasteiger partial charge in [0, 0.05) is 30.4 Å². The number of imidazole rings is 1. The Morgan fingerprint density at radius 2 is 2.16 bits per heavy atom. The van der Waals surface area contributed by atoms with Crippen LogP contribution in [0.25, 0.3) is 17.1 Å². The molecule has 0 saturated carbocycles. The molecule has 0 aliphatic rings. The number of aromatic nitrogens is 2. The van der Waals surface area contributed by atoms with E-state index in [1.165, 1.54) is 0 Å². The number of nitrogens with one attached hydrogen (secondary N) is 2. The molecule has 3 rings (SSSR count). The molecular formula is C18H23N5O2. The van der Waals surface area contributed by atoms with E-state index in [2.05, 4.69) is 36.4 Å². The van der Waals surface area contributed by atoms with E-state index in [4.69, 9.17) is 10.2 Å². The van der Waals surface area contributed by atoms with Crippen LogP contribution in [0.3, 0.4) is 0 Å². The SMILES string of the molecule is CC(C)(C)Nc1c(-c2ccco2)nc2cc(C(=O)NCCN)ccn12. The lowest BCUT2D eigenvalue weighted by atomic mass is 10.1. The maximum atomic E-state index is 12.2. The molecule has 0 aliphatic carbocycles. The summed E-state index contributed by atoms with van der Waals surface area (Å²) < 4.78 is 7.45. The monoisotopic (exact) mass is 341 g/mol. The molecule has 4 N–H and O–H groups in total. The molecule has 7 nitrogen and oxygen atoms in total. The van der Waals surface area contributed by atoms with Gasteiger partial charge < -0.3 is 20.8 Å². The first-order chi connectivity index (χ1) is 11.9. The van der Waals surface area contributed by atoms with Crippen LogP contribution in [0.2, 0.25) is 0 Å². The van der Waals surface area contributed by atoms with E-state index in [0.717, 1.165) is 5.82 Å². The second kappa shape index (κ2) is 6.60. The molecule has 0 atom stereocenters. The molecule has 0 radical (unpaired) electrons. The van der Waals surface area contributed by atoms with Crippen LogP contribution in [0.15, 0.2) is 41.1 Å². The van der Waals surface area contributed by atoms with Gasteiger partial charge in [-0.2, -0.15) is 0 Å². The first-order valence-corrected chi connectivity index (χ1v) is 8.21. The molecule has 0 fully saturated rings. The van der Waals surface area contributed by atoms with E-state index < -0.39 is 0 Å². The lowest BCUT2D eigenvalue weighted by molar-refractivity contribution is 0.0954. The second-order valence-electron chi connectivity index (χ2n) is 6.85. The Bertz CT molecular complexity index is 875. The molecule has 0 unspecified atom stereocenters. The summed E-state index contributed by atoms with van der Waals surface area (Å²) in [7, 11) is 0. The number of fused-ring (bicyclic) bond motifs is 1. The minimum absolute atomic E-state index is 0.158. The lowest BCUT2D eigenvalue weighted by Gasteiger charge is -2.22. The number of furan rings is 1. The number of nitrogens with zero attached hydrogens (tertiary/aromatic N) is 2. The van der Waals surface area contributed by atoms with Crippen LogP contribution in [0, 0.1) is 0 Å². The Labute approximate surface area is 146 Å². The van der Waals surface area contributed by atoms with Gasteiger partial charge in [-0.05, 0) is 45.0 Å². The Morgan fingerprint density at radius 3 is 2.80 bits per heavy atom. The summed E-state index contributed by atoms with van der Waals surface area (Å²) in [5.74, 6) is 1.33. The van der Waals surface area contributed by atoms with Crippen molar-refractivity contribution in [3.8, 4) is 11.5 Å². The first-order valence-electron chi connectivity index (χ1n) is 8.21. The third kappa shape index (κ3) is 3.66. The van der Waals surface area contributed by atoms with E-state index >= 15 is 0 Å². The molecule has 3 heterocycles. The number of pyridine rings is 1. The second-order valence-corrected chi connectivity index (χ2v) is 6.85. The zero-order chi connectivity index (χ0) is 18.0. The van der Waals surface area contributed by atoms with Crippen LogP contribution in [-0.2, 0) is 0 Å². The predicted octanol–water partition coefficient (Wildman–Crippen LogP) is 2.49. The third-order valence-corrected chi connectivity index (χ3v) is 3.57. The molecule has 0 saturated heterocycles. The fourth-order valence-corrected chi connectivity index (χ4v) is 2.53. The van der Waals surface area contributed by atoms with Crippen LogP contribution in [0.1, 0.15) is 31.1 Å². The smallest absolute Gasteiger partial charge is 0.251 e. The quantitative estimate of drug-likeness (QED) is 0.662. The molecule has 0 bridgehead atoms. The van der Waals surface area contributed by atoms with E-state index in [1.54, 1.807) is 18.4 Å². The van der Waals surface area contributed by atoms with Crippen molar-refractivity contribution in [2.45, 2.75) is 26.3 Å². The van der Waals surface area contributed by atoms with Crippen LogP contribution in [-0.4, -0.2) is 33.9 Å². The summed E-state index contributed by atoms with van der Waals surface area (Å²) >= 11 is 0. The lowest BCUT2D eigenvalue weighted by Crippen LogP contribution is -2.29. The zero-order valence-electron chi connectivity index (χ0n) is 14.7. The Kier molecular flexibility index (Phi) is 4.50. The van der Waals surface area contributed by atoms with Gasteiger partial charge in [0.15, 0.2) is 5.76 Å². The fraction of sp³-hybridized carbons (Fsp3) is 0.333. The van der Waals surface area contributed by atoms with Crippen LogP contribution in [0.5, 0.6) is 0 Å². The van der Waals surface area contributed by atoms with Gasteiger partial charge in [0.2, 0.25) is 0 Å². The number of rotatable bonds is 5. The molecule has 0 spiro atoms. The Hall–Kier alpha value is -2.80. The summed E-state index contributed by atoms with van der Waals surface area (Å²) in [6.07, 6.45) is 3.45. The van der Waals surface area contributed by atoms with Crippen molar-refractivity contribution in [2.24, 2.45) is 5.73 Å². The summed E-state index contributed by atoms with van der Waals surface area (Å²) in [6, 6.07) is 7.21. The van der Waals surface area contributed by atoms with Crippen molar-refractivity contribution < 1.29 is 9.21 Å². The maximum Gasteiger partial charge on any atom is 0.251 e. The normalized spacial score (nSPS) is 11.7. The summed E-state index contributed by atoms with van der Waals surface area (Å²) in [4.78, 5) is 16.8. The van der Waals surface area contributed by atoms with Crippen LogP contribution in [0.4, 0.5) is 5.82 Å². The molecule has 25 heavy (non-hydrogen) atoms. The first kappa shape index (κ1) is 17.0. The molecule has 7 heteroatoms. The summed E-state index contributed by atoms with van der Waals surface area (Å²) in [6.45, 7) is 7.07. The van der Waals surface area contributed by atoms with E-state index in [0.29, 0.717) is 35.8 Å². The number of hydrogen-bond donors (Lipinski definition) is 3. The van der Waals surface area contributed by atoms with Gasteiger partial charge in [0.1, 0.15) is 17.2 Å². The van der Waals surface area contributed by atoms with Gasteiger partial charge in [-0.15, -0.1) is 0 Å². The largest absolute Gasteiger partial charge is 0.463 e. The highest BCUT2D eigenvalue weighted by Gasteiger charge is 2.21. The Balaban J connectivity index is 2.08. The van der Waals surface area contributed by atoms with Gasteiger partial charge >= 0.3 is 0 Å². The molecule has 132 valence electrons. The highest BCUT2D eigenvalue weighted by atomic mass is 16.3. The standard InChI is InChI=1S/C18H23N5O2/c1-18(2,3)22-16-15(13-5-4-10-25-13)21-14-11-12(6-9-23(14)16)17(24)20-8-7-19/h4-6,9-11,22H,7-8,19H2,1-3H3,(H,20,24). The van der Waals surface area contributed by atoms with Crippen molar-refractivity contribution in [1.29, 1.82) is 0 Å². The average Bonchev–Trinajstić information content (AvgIpc) is 3.19. The Morgan fingerprint density at radius 1 is 1.36 bits per heavy atom. The number of hydrogen-bond acceptors (Lipinski definition) is 5. The molecule has 3 aromatic rings. The van der Waals surface area contributed by atoms with E-state index in [-0.39, 0.29) is 11.4 Å². The maximum absolute atomic E-state index is 12.2. The van der Waals surface area contributed by atoms with Gasteiger partial charge in [0.25, 0.3) is 5.91 Å². The van der Waals surface area contributed by atoms with Crippen molar-refractivity contribution >= 4 is 17.4 Å². The number of carbonyl (C=O) groups is 1. The average molecular weight is 341 g/mol. The third-order valence-electron chi connectivity index (χ3n) is 3.57.